The maximum absolute atomic E-state index is 12.9. The average Bonchev–Trinajstić information content (AvgIpc) is 3.48. The highest BCUT2D eigenvalue weighted by Crippen LogP contribution is 2.40. The average molecular weight is 366 g/mol. The van der Waals surface area contributed by atoms with Crippen molar-refractivity contribution in [1.29, 1.82) is 0 Å². The van der Waals surface area contributed by atoms with Crippen LogP contribution in [0.15, 0.2) is 54.9 Å². The quantitative estimate of drug-likeness (QED) is 0.639. The molecule has 1 aromatic heterocycles. The van der Waals surface area contributed by atoms with Crippen LogP contribution in [0, 0.1) is 11.8 Å². The van der Waals surface area contributed by atoms with Crippen LogP contribution in [0.5, 0.6) is 0 Å². The molecule has 27 heavy (non-hydrogen) atoms. The second-order valence-corrected chi connectivity index (χ2v) is 6.94. The Kier molecular flexibility index (Phi) is 6.58. The molecule has 0 radical (unpaired) electrons. The largest absolute Gasteiger partial charge is 0.466 e. The first-order chi connectivity index (χ1) is 13.2. The second-order valence-electron chi connectivity index (χ2n) is 6.94. The fourth-order valence-electron chi connectivity index (χ4n) is 3.34. The van der Waals surface area contributed by atoms with Gasteiger partial charge < -0.3 is 9.64 Å². The lowest BCUT2D eigenvalue weighted by molar-refractivity contribution is -0.145. The molecule has 0 bridgehead atoms. The third kappa shape index (κ3) is 5.39. The van der Waals surface area contributed by atoms with Crippen molar-refractivity contribution in [2.24, 2.45) is 11.8 Å². The van der Waals surface area contributed by atoms with Crippen LogP contribution in [-0.4, -0.2) is 41.5 Å². The van der Waals surface area contributed by atoms with Gasteiger partial charge in [-0.1, -0.05) is 30.3 Å². The summed E-state index contributed by atoms with van der Waals surface area (Å²) in [6.45, 7) is 3.47. The Hall–Kier alpha value is -2.69. The minimum atomic E-state index is -0.138. The van der Waals surface area contributed by atoms with Crippen LogP contribution in [0.3, 0.4) is 0 Å². The molecular weight excluding hydrogens is 340 g/mol. The van der Waals surface area contributed by atoms with Crippen LogP contribution in [0.1, 0.15) is 35.7 Å². The SMILES string of the molecule is CCOC(=O)[C@H]1C[C@H]1CN(CCCc1ccccc1)C(=O)c1cccnc1. The number of amides is 1. The van der Waals surface area contributed by atoms with Crippen molar-refractivity contribution < 1.29 is 14.3 Å². The van der Waals surface area contributed by atoms with Gasteiger partial charge in [0.05, 0.1) is 18.1 Å². The molecule has 1 aromatic carbocycles. The monoisotopic (exact) mass is 366 g/mol. The molecule has 1 aliphatic rings. The molecule has 0 unspecified atom stereocenters. The molecule has 0 saturated heterocycles. The molecule has 2 atom stereocenters. The molecule has 1 fully saturated rings. The summed E-state index contributed by atoms with van der Waals surface area (Å²) in [5, 5.41) is 0. The van der Waals surface area contributed by atoms with Gasteiger partial charge in [0.25, 0.3) is 5.91 Å². The number of hydrogen-bond acceptors (Lipinski definition) is 4. The lowest BCUT2D eigenvalue weighted by atomic mass is 10.1. The summed E-state index contributed by atoms with van der Waals surface area (Å²) >= 11 is 0. The Morgan fingerprint density at radius 2 is 2.00 bits per heavy atom. The maximum Gasteiger partial charge on any atom is 0.309 e. The van der Waals surface area contributed by atoms with Crippen molar-refractivity contribution in [2.75, 3.05) is 19.7 Å². The van der Waals surface area contributed by atoms with Gasteiger partial charge in [-0.25, -0.2) is 0 Å². The molecule has 1 aliphatic carbocycles. The molecule has 1 heterocycles. The summed E-state index contributed by atoms with van der Waals surface area (Å²) in [5.74, 6) is -0.0316. The zero-order valence-electron chi connectivity index (χ0n) is 15.7. The minimum Gasteiger partial charge on any atom is -0.466 e. The van der Waals surface area contributed by atoms with E-state index in [1.165, 1.54) is 5.56 Å². The van der Waals surface area contributed by atoms with Gasteiger partial charge in [0, 0.05) is 25.5 Å². The van der Waals surface area contributed by atoms with E-state index in [0.717, 1.165) is 19.3 Å². The minimum absolute atomic E-state index is 0.0225. The van der Waals surface area contributed by atoms with E-state index >= 15 is 0 Å². The van der Waals surface area contributed by atoms with E-state index in [0.29, 0.717) is 25.3 Å². The summed E-state index contributed by atoms with van der Waals surface area (Å²) in [7, 11) is 0. The summed E-state index contributed by atoms with van der Waals surface area (Å²) in [4.78, 5) is 30.7. The normalized spacial score (nSPS) is 18.0. The number of benzene rings is 1. The molecule has 1 amide bonds. The van der Waals surface area contributed by atoms with Gasteiger partial charge in [-0.2, -0.15) is 0 Å². The zero-order valence-corrected chi connectivity index (χ0v) is 15.7. The molecule has 0 N–H and O–H groups in total. The first-order valence-electron chi connectivity index (χ1n) is 9.59. The van der Waals surface area contributed by atoms with E-state index in [1.54, 1.807) is 24.5 Å². The number of rotatable bonds is 9. The Labute approximate surface area is 160 Å². The Morgan fingerprint density at radius 1 is 1.19 bits per heavy atom. The van der Waals surface area contributed by atoms with E-state index in [4.69, 9.17) is 4.74 Å². The fourth-order valence-corrected chi connectivity index (χ4v) is 3.34. The summed E-state index contributed by atoms with van der Waals surface area (Å²) in [6.07, 6.45) is 5.86. The molecule has 0 spiro atoms. The van der Waals surface area contributed by atoms with Gasteiger partial charge in [-0.3, -0.25) is 14.6 Å². The van der Waals surface area contributed by atoms with Gasteiger partial charge in [0.1, 0.15) is 0 Å². The number of hydrogen-bond donors (Lipinski definition) is 0. The summed E-state index contributed by atoms with van der Waals surface area (Å²) in [5.41, 5.74) is 1.85. The third-order valence-corrected chi connectivity index (χ3v) is 4.90. The number of aryl methyl sites for hydroxylation is 1. The predicted molar refractivity (Wildman–Crippen MR) is 103 cm³/mol. The topological polar surface area (TPSA) is 59.5 Å². The van der Waals surface area contributed by atoms with Gasteiger partial charge in [0.15, 0.2) is 0 Å². The number of aromatic nitrogens is 1. The number of carbonyl (C=O) groups is 2. The van der Waals surface area contributed by atoms with Crippen LogP contribution in [0.25, 0.3) is 0 Å². The lowest BCUT2D eigenvalue weighted by Crippen LogP contribution is -2.34. The van der Waals surface area contributed by atoms with Gasteiger partial charge in [-0.05, 0) is 49.8 Å². The van der Waals surface area contributed by atoms with Crippen molar-refractivity contribution >= 4 is 11.9 Å². The third-order valence-electron chi connectivity index (χ3n) is 4.90. The number of ether oxygens (including phenoxy) is 1. The molecule has 142 valence electrons. The zero-order chi connectivity index (χ0) is 19.1. The molecule has 0 aliphatic heterocycles. The van der Waals surface area contributed by atoms with Crippen molar-refractivity contribution in [3.8, 4) is 0 Å². The Bertz CT molecular complexity index is 749. The fraction of sp³-hybridized carbons (Fsp3) is 0.409. The van der Waals surface area contributed by atoms with E-state index in [2.05, 4.69) is 17.1 Å². The molecule has 2 aromatic rings. The van der Waals surface area contributed by atoms with Crippen molar-refractivity contribution in [3.05, 3.63) is 66.0 Å². The number of esters is 1. The standard InChI is InChI=1S/C22H26N2O3/c1-2-27-22(26)20-14-19(20)16-24(21(25)18-11-6-12-23-15-18)13-7-10-17-8-4-3-5-9-17/h3-6,8-9,11-12,15,19-20H,2,7,10,13-14,16H2,1H3/t19-,20-/m0/s1. The van der Waals surface area contributed by atoms with E-state index in [1.807, 2.05) is 30.0 Å². The van der Waals surface area contributed by atoms with Crippen LogP contribution in [-0.2, 0) is 16.0 Å². The molecule has 5 heteroatoms. The summed E-state index contributed by atoms with van der Waals surface area (Å²) < 4.78 is 5.11. The Balaban J connectivity index is 1.60. The van der Waals surface area contributed by atoms with Crippen molar-refractivity contribution in [3.63, 3.8) is 0 Å². The smallest absolute Gasteiger partial charge is 0.309 e. The highest BCUT2D eigenvalue weighted by Gasteiger charge is 2.45. The highest BCUT2D eigenvalue weighted by atomic mass is 16.5. The second kappa shape index (κ2) is 9.31. The van der Waals surface area contributed by atoms with E-state index in [-0.39, 0.29) is 23.7 Å². The van der Waals surface area contributed by atoms with Crippen LogP contribution in [0.4, 0.5) is 0 Å². The van der Waals surface area contributed by atoms with Gasteiger partial charge >= 0.3 is 5.97 Å². The lowest BCUT2D eigenvalue weighted by Gasteiger charge is -2.23. The highest BCUT2D eigenvalue weighted by molar-refractivity contribution is 5.94. The Morgan fingerprint density at radius 3 is 2.70 bits per heavy atom. The van der Waals surface area contributed by atoms with Gasteiger partial charge in [-0.15, -0.1) is 0 Å². The van der Waals surface area contributed by atoms with Crippen LogP contribution in [0.2, 0.25) is 0 Å². The first kappa shape index (κ1) is 19.1. The van der Waals surface area contributed by atoms with E-state index in [9.17, 15) is 9.59 Å². The predicted octanol–water partition coefficient (Wildman–Crippen LogP) is 3.36. The maximum atomic E-state index is 12.9. The van der Waals surface area contributed by atoms with Crippen molar-refractivity contribution in [1.82, 2.24) is 9.88 Å². The molecule has 1 saturated carbocycles. The van der Waals surface area contributed by atoms with Crippen LogP contribution >= 0.6 is 0 Å². The summed E-state index contributed by atoms with van der Waals surface area (Å²) in [6, 6.07) is 13.8. The molecule has 5 nitrogen and oxygen atoms in total. The number of pyridine rings is 1. The number of nitrogens with zero attached hydrogens (tertiary/aromatic N) is 2. The first-order valence-corrected chi connectivity index (χ1v) is 9.59. The molecule has 3 rings (SSSR count). The molecular formula is C22H26N2O3. The van der Waals surface area contributed by atoms with Gasteiger partial charge in [0.2, 0.25) is 0 Å². The van der Waals surface area contributed by atoms with Crippen molar-refractivity contribution in [2.45, 2.75) is 26.2 Å². The number of carbonyl (C=O) groups excluding carboxylic acids is 2. The van der Waals surface area contributed by atoms with Crippen LogP contribution < -0.4 is 0 Å². The van der Waals surface area contributed by atoms with E-state index < -0.39 is 0 Å².